The average molecular weight is 323 g/mol. The fraction of sp³-hybridized carbons (Fsp3) is 0.125. The molecule has 3 aromatic rings. The van der Waals surface area contributed by atoms with Gasteiger partial charge >= 0.3 is 0 Å². The van der Waals surface area contributed by atoms with E-state index < -0.39 is 0 Å². The highest BCUT2D eigenvalue weighted by atomic mass is 16.3. The van der Waals surface area contributed by atoms with Crippen LogP contribution in [-0.2, 0) is 6.54 Å². The van der Waals surface area contributed by atoms with E-state index in [0.29, 0.717) is 41.6 Å². The van der Waals surface area contributed by atoms with E-state index in [-0.39, 0.29) is 17.4 Å². The standard InChI is InChI=1S/C16H13N5O3/c22-10-5-9(6-11(23)7-10)15-17-2-1-12(19-15)13-8-14-16(24)18-3-4-21(14)20-13/h1-2,5-8,22-23H,3-4H2,(H,18,24). The Hall–Kier alpha value is -3.42. The van der Waals surface area contributed by atoms with Gasteiger partial charge in [-0.15, -0.1) is 0 Å². The second kappa shape index (κ2) is 5.34. The summed E-state index contributed by atoms with van der Waals surface area (Å²) in [5, 5.41) is 26.4. The van der Waals surface area contributed by atoms with E-state index in [9.17, 15) is 15.0 Å². The summed E-state index contributed by atoms with van der Waals surface area (Å²) in [7, 11) is 0. The molecule has 1 aliphatic heterocycles. The van der Waals surface area contributed by atoms with Crippen molar-refractivity contribution in [3.8, 4) is 34.3 Å². The van der Waals surface area contributed by atoms with Crippen LogP contribution in [0.3, 0.4) is 0 Å². The van der Waals surface area contributed by atoms with Gasteiger partial charge in [0, 0.05) is 24.4 Å². The summed E-state index contributed by atoms with van der Waals surface area (Å²) < 4.78 is 1.65. The maximum atomic E-state index is 11.8. The molecule has 24 heavy (non-hydrogen) atoms. The summed E-state index contributed by atoms with van der Waals surface area (Å²) in [6.45, 7) is 1.16. The normalized spacial score (nSPS) is 13.4. The second-order valence-corrected chi connectivity index (χ2v) is 5.40. The van der Waals surface area contributed by atoms with Gasteiger partial charge in [0.2, 0.25) is 0 Å². The molecular formula is C16H13N5O3. The summed E-state index contributed by atoms with van der Waals surface area (Å²) in [5.74, 6) is 0.0302. The maximum Gasteiger partial charge on any atom is 0.269 e. The van der Waals surface area contributed by atoms with Crippen molar-refractivity contribution in [2.75, 3.05) is 6.54 Å². The van der Waals surface area contributed by atoms with Gasteiger partial charge in [0.25, 0.3) is 5.91 Å². The number of aromatic hydroxyl groups is 2. The van der Waals surface area contributed by atoms with Gasteiger partial charge in [-0.05, 0) is 24.3 Å². The van der Waals surface area contributed by atoms with Crippen LogP contribution in [0.5, 0.6) is 11.5 Å². The third kappa shape index (κ3) is 2.43. The number of nitrogens with zero attached hydrogens (tertiary/aromatic N) is 4. The van der Waals surface area contributed by atoms with Crippen molar-refractivity contribution in [3.63, 3.8) is 0 Å². The minimum absolute atomic E-state index is 0.0758. The Bertz CT molecular complexity index is 930. The van der Waals surface area contributed by atoms with Gasteiger partial charge in [0.05, 0.1) is 12.2 Å². The SMILES string of the molecule is O=C1NCCn2nc(-c3ccnc(-c4cc(O)cc(O)c4)n3)cc21. The van der Waals surface area contributed by atoms with E-state index in [4.69, 9.17) is 0 Å². The molecule has 0 aliphatic carbocycles. The molecule has 8 heteroatoms. The molecule has 0 atom stereocenters. The first-order valence-electron chi connectivity index (χ1n) is 7.33. The van der Waals surface area contributed by atoms with Gasteiger partial charge in [-0.25, -0.2) is 9.97 Å². The van der Waals surface area contributed by atoms with Gasteiger partial charge < -0.3 is 15.5 Å². The Labute approximate surface area is 136 Å². The third-order valence-corrected chi connectivity index (χ3v) is 3.70. The molecule has 0 saturated carbocycles. The molecule has 3 heterocycles. The molecule has 8 nitrogen and oxygen atoms in total. The molecule has 1 amide bonds. The van der Waals surface area contributed by atoms with E-state index in [2.05, 4.69) is 20.4 Å². The lowest BCUT2D eigenvalue weighted by Gasteiger charge is -2.13. The quantitative estimate of drug-likeness (QED) is 0.652. The summed E-state index contributed by atoms with van der Waals surface area (Å²) in [6.07, 6.45) is 1.57. The molecule has 0 spiro atoms. The minimum Gasteiger partial charge on any atom is -0.508 e. The molecule has 3 N–H and O–H groups in total. The summed E-state index contributed by atoms with van der Waals surface area (Å²) in [4.78, 5) is 20.4. The van der Waals surface area contributed by atoms with Crippen molar-refractivity contribution in [1.29, 1.82) is 0 Å². The van der Waals surface area contributed by atoms with Crippen molar-refractivity contribution in [2.45, 2.75) is 6.54 Å². The number of hydrogen-bond acceptors (Lipinski definition) is 6. The predicted molar refractivity (Wildman–Crippen MR) is 84.4 cm³/mol. The monoisotopic (exact) mass is 323 g/mol. The number of phenolic OH excluding ortho intramolecular Hbond substituents is 2. The summed E-state index contributed by atoms with van der Waals surface area (Å²) in [5.41, 5.74) is 2.09. The van der Waals surface area contributed by atoms with Crippen molar-refractivity contribution >= 4 is 5.91 Å². The van der Waals surface area contributed by atoms with Gasteiger partial charge in [0.1, 0.15) is 22.9 Å². The fourth-order valence-corrected chi connectivity index (χ4v) is 2.63. The van der Waals surface area contributed by atoms with E-state index in [1.165, 1.54) is 18.2 Å². The van der Waals surface area contributed by atoms with Crippen LogP contribution in [0.1, 0.15) is 10.5 Å². The first kappa shape index (κ1) is 14.2. The average Bonchev–Trinajstić information content (AvgIpc) is 3.00. The summed E-state index contributed by atoms with van der Waals surface area (Å²) >= 11 is 0. The van der Waals surface area contributed by atoms with E-state index >= 15 is 0 Å². The first-order valence-corrected chi connectivity index (χ1v) is 7.33. The number of phenols is 2. The highest BCUT2D eigenvalue weighted by molar-refractivity contribution is 5.94. The van der Waals surface area contributed by atoms with Crippen molar-refractivity contribution in [1.82, 2.24) is 25.1 Å². The zero-order valence-corrected chi connectivity index (χ0v) is 12.5. The van der Waals surface area contributed by atoms with Gasteiger partial charge in [-0.3, -0.25) is 9.48 Å². The number of rotatable bonds is 2. The third-order valence-electron chi connectivity index (χ3n) is 3.70. The van der Waals surface area contributed by atoms with Crippen LogP contribution in [0, 0.1) is 0 Å². The number of nitrogens with one attached hydrogen (secondary N) is 1. The topological polar surface area (TPSA) is 113 Å². The zero-order valence-electron chi connectivity index (χ0n) is 12.5. The summed E-state index contributed by atoms with van der Waals surface area (Å²) in [6, 6.07) is 7.53. The fourth-order valence-electron chi connectivity index (χ4n) is 2.63. The van der Waals surface area contributed by atoms with E-state index in [1.807, 2.05) is 0 Å². The van der Waals surface area contributed by atoms with Crippen LogP contribution in [0.4, 0.5) is 0 Å². The number of benzene rings is 1. The smallest absolute Gasteiger partial charge is 0.269 e. The lowest BCUT2D eigenvalue weighted by Crippen LogP contribution is -2.35. The number of aromatic nitrogens is 4. The Balaban J connectivity index is 1.77. The predicted octanol–water partition coefficient (Wildman–Crippen LogP) is 1.16. The van der Waals surface area contributed by atoms with Crippen LogP contribution in [-0.4, -0.2) is 42.4 Å². The highest BCUT2D eigenvalue weighted by Gasteiger charge is 2.20. The van der Waals surface area contributed by atoms with Gasteiger partial charge in [-0.1, -0.05) is 0 Å². The van der Waals surface area contributed by atoms with Gasteiger partial charge in [-0.2, -0.15) is 5.10 Å². The highest BCUT2D eigenvalue weighted by Crippen LogP contribution is 2.27. The Kier molecular flexibility index (Phi) is 3.16. The number of fused-ring (bicyclic) bond motifs is 1. The van der Waals surface area contributed by atoms with Crippen molar-refractivity contribution in [3.05, 3.63) is 42.2 Å². The molecule has 120 valence electrons. The van der Waals surface area contributed by atoms with Crippen LogP contribution in [0.15, 0.2) is 36.5 Å². The first-order chi connectivity index (χ1) is 11.6. The molecular weight excluding hydrogens is 310 g/mol. The van der Waals surface area contributed by atoms with Gasteiger partial charge in [0.15, 0.2) is 5.82 Å². The molecule has 2 aromatic heterocycles. The van der Waals surface area contributed by atoms with Crippen molar-refractivity contribution < 1.29 is 15.0 Å². The molecule has 0 saturated heterocycles. The zero-order chi connectivity index (χ0) is 16.7. The molecule has 0 radical (unpaired) electrons. The molecule has 4 rings (SSSR count). The Morgan fingerprint density at radius 1 is 1.08 bits per heavy atom. The van der Waals surface area contributed by atoms with Crippen LogP contribution in [0.2, 0.25) is 0 Å². The lowest BCUT2D eigenvalue weighted by molar-refractivity contribution is 0.0924. The van der Waals surface area contributed by atoms with Crippen molar-refractivity contribution in [2.24, 2.45) is 0 Å². The number of carbonyl (C=O) groups excluding carboxylic acids is 1. The Morgan fingerprint density at radius 2 is 1.88 bits per heavy atom. The van der Waals surface area contributed by atoms with Crippen LogP contribution >= 0.6 is 0 Å². The molecule has 0 bridgehead atoms. The number of carbonyl (C=O) groups is 1. The second-order valence-electron chi connectivity index (χ2n) is 5.40. The lowest BCUT2D eigenvalue weighted by atomic mass is 10.1. The maximum absolute atomic E-state index is 11.8. The van der Waals surface area contributed by atoms with E-state index in [0.717, 1.165) is 0 Å². The Morgan fingerprint density at radius 3 is 2.62 bits per heavy atom. The van der Waals surface area contributed by atoms with Crippen LogP contribution < -0.4 is 5.32 Å². The van der Waals surface area contributed by atoms with Crippen LogP contribution in [0.25, 0.3) is 22.8 Å². The number of amides is 1. The molecule has 0 fully saturated rings. The molecule has 1 aromatic carbocycles. The molecule has 0 unspecified atom stereocenters. The molecule has 1 aliphatic rings. The largest absolute Gasteiger partial charge is 0.508 e. The minimum atomic E-state index is -0.160. The van der Waals surface area contributed by atoms with E-state index in [1.54, 1.807) is 23.0 Å². The number of hydrogen-bond donors (Lipinski definition) is 3.